The summed E-state index contributed by atoms with van der Waals surface area (Å²) in [6.45, 7) is 0. The Kier molecular flexibility index (Phi) is 3.03. The van der Waals surface area contributed by atoms with Crippen LogP contribution in [0.4, 0.5) is 0 Å². The first-order chi connectivity index (χ1) is 10.3. The highest BCUT2D eigenvalue weighted by Crippen LogP contribution is 2.44. The predicted molar refractivity (Wildman–Crippen MR) is 92.1 cm³/mol. The number of rotatable bonds is 1. The van der Waals surface area contributed by atoms with E-state index in [1.165, 1.54) is 27.8 Å². The third-order valence-corrected chi connectivity index (χ3v) is 4.69. The highest BCUT2D eigenvalue weighted by Gasteiger charge is 2.22. The van der Waals surface area contributed by atoms with Gasteiger partial charge in [0.05, 0.1) is 0 Å². The molecule has 2 aromatic rings. The van der Waals surface area contributed by atoms with E-state index in [2.05, 4.69) is 94.5 Å². The zero-order chi connectivity index (χ0) is 14.2. The van der Waals surface area contributed by atoms with Gasteiger partial charge in [-0.3, -0.25) is 0 Å². The summed E-state index contributed by atoms with van der Waals surface area (Å²) in [5.41, 5.74) is 9.89. The molecule has 0 unspecified atom stereocenters. The van der Waals surface area contributed by atoms with Crippen molar-refractivity contribution in [3.05, 3.63) is 94.2 Å². The smallest absolute Gasteiger partial charge is 0.0482 e. The zero-order valence-corrected chi connectivity index (χ0v) is 13.0. The summed E-state index contributed by atoms with van der Waals surface area (Å²) in [4.78, 5) is 0. The Morgan fingerprint density at radius 2 is 1.24 bits per heavy atom. The van der Waals surface area contributed by atoms with Gasteiger partial charge in [-0.1, -0.05) is 78.6 Å². The van der Waals surface area contributed by atoms with E-state index in [-0.39, 0.29) is 0 Å². The van der Waals surface area contributed by atoms with Crippen LogP contribution < -0.4 is 0 Å². The van der Waals surface area contributed by atoms with Crippen LogP contribution in [0.1, 0.15) is 11.1 Å². The lowest BCUT2D eigenvalue weighted by atomic mass is 10.0. The molecule has 0 bridgehead atoms. The fourth-order valence-corrected chi connectivity index (χ4v) is 3.46. The van der Waals surface area contributed by atoms with E-state index in [9.17, 15) is 0 Å². The zero-order valence-electron chi connectivity index (χ0n) is 11.4. The van der Waals surface area contributed by atoms with E-state index in [4.69, 9.17) is 0 Å². The minimum absolute atomic E-state index is 0.303. The number of allylic oxidation sites excluding steroid dienone is 5. The maximum Gasteiger partial charge on any atom is 0.0482 e. The molecule has 1 heteroatoms. The molecule has 0 spiro atoms. The molecule has 0 atom stereocenters. The first-order valence-corrected chi connectivity index (χ1v) is 7.84. The fourth-order valence-electron chi connectivity index (χ4n) is 2.96. The van der Waals surface area contributed by atoms with Gasteiger partial charge in [0, 0.05) is 16.0 Å². The molecule has 4 rings (SSSR count). The summed E-state index contributed by atoms with van der Waals surface area (Å²) in [5.74, 6) is 0.303. The second-order valence-corrected chi connectivity index (χ2v) is 6.09. The Morgan fingerprint density at radius 1 is 0.762 bits per heavy atom. The minimum atomic E-state index is 0.303. The Balaban J connectivity index is 1.99. The second-order valence-electron chi connectivity index (χ2n) is 5.23. The van der Waals surface area contributed by atoms with Crippen LogP contribution in [0.25, 0.3) is 16.7 Å². The number of hydrogen-bond acceptors (Lipinski definition) is 0. The van der Waals surface area contributed by atoms with Crippen LogP contribution in [0.2, 0.25) is 0 Å². The maximum absolute atomic E-state index is 3.70. The molecule has 0 aliphatic heterocycles. The van der Waals surface area contributed by atoms with E-state index in [1.54, 1.807) is 0 Å². The quantitative estimate of drug-likeness (QED) is 0.500. The van der Waals surface area contributed by atoms with Crippen LogP contribution in [0.3, 0.4) is 0 Å². The second kappa shape index (κ2) is 5.04. The molecule has 0 heterocycles. The summed E-state index contributed by atoms with van der Waals surface area (Å²) in [7, 11) is 0. The van der Waals surface area contributed by atoms with Crippen molar-refractivity contribution < 1.29 is 0 Å². The van der Waals surface area contributed by atoms with Gasteiger partial charge >= 0.3 is 0 Å². The molecule has 100 valence electrons. The SMILES string of the molecule is BrC(=C=C1c2ccccc2-c2ccccc21)C1C=CC=C1. The van der Waals surface area contributed by atoms with E-state index >= 15 is 0 Å². The van der Waals surface area contributed by atoms with Crippen molar-refractivity contribution in [1.29, 1.82) is 0 Å². The topological polar surface area (TPSA) is 0 Å². The molecular weight excluding hydrogens is 320 g/mol. The van der Waals surface area contributed by atoms with Gasteiger partial charge in [0.15, 0.2) is 0 Å². The van der Waals surface area contributed by atoms with Crippen LogP contribution in [-0.2, 0) is 0 Å². The lowest BCUT2D eigenvalue weighted by Crippen LogP contribution is -1.87. The molecule has 0 saturated heterocycles. The molecule has 2 aliphatic rings. The average Bonchev–Trinajstić information content (AvgIpc) is 3.15. The molecule has 2 aliphatic carbocycles. The minimum Gasteiger partial charge on any atom is -0.0996 e. The van der Waals surface area contributed by atoms with Gasteiger partial charge < -0.3 is 0 Å². The van der Waals surface area contributed by atoms with Crippen molar-refractivity contribution >= 4 is 21.5 Å². The normalized spacial score (nSPS) is 15.0. The van der Waals surface area contributed by atoms with Crippen LogP contribution in [0.5, 0.6) is 0 Å². The van der Waals surface area contributed by atoms with E-state index in [0.29, 0.717) is 5.92 Å². The molecule has 0 radical (unpaired) electrons. The van der Waals surface area contributed by atoms with Crippen molar-refractivity contribution in [2.75, 3.05) is 0 Å². The standard InChI is InChI=1S/C20H13Br/c21-20(14-7-1-2-8-14)13-19-17-11-5-3-9-15(17)16-10-4-6-12-18(16)19/h1-12,14H. The third-order valence-electron chi connectivity index (χ3n) is 3.97. The first kappa shape index (κ1) is 12.6. The molecule has 0 amide bonds. The highest BCUT2D eigenvalue weighted by molar-refractivity contribution is 9.11. The molecule has 0 N–H and O–H groups in total. The highest BCUT2D eigenvalue weighted by atomic mass is 79.9. The number of fused-ring (bicyclic) bond motifs is 3. The monoisotopic (exact) mass is 332 g/mol. The lowest BCUT2D eigenvalue weighted by Gasteiger charge is -2.03. The van der Waals surface area contributed by atoms with Gasteiger partial charge in [-0.05, 0) is 38.2 Å². The molecular formula is C20H13Br. The average molecular weight is 333 g/mol. The van der Waals surface area contributed by atoms with Crippen molar-refractivity contribution in [2.45, 2.75) is 0 Å². The summed E-state index contributed by atoms with van der Waals surface area (Å²) in [5, 5.41) is 0. The van der Waals surface area contributed by atoms with Gasteiger partial charge in [-0.25, -0.2) is 0 Å². The first-order valence-electron chi connectivity index (χ1n) is 7.05. The number of hydrogen-bond donors (Lipinski definition) is 0. The molecule has 0 saturated carbocycles. The van der Waals surface area contributed by atoms with Crippen LogP contribution in [0.15, 0.2) is 83.0 Å². The molecule has 2 aromatic carbocycles. The summed E-state index contributed by atoms with van der Waals surface area (Å²) in [6, 6.07) is 17.1. The predicted octanol–water partition coefficient (Wildman–Crippen LogP) is 5.72. The molecule has 0 nitrogen and oxygen atoms in total. The molecule has 21 heavy (non-hydrogen) atoms. The summed E-state index contributed by atoms with van der Waals surface area (Å²) < 4.78 is 1.08. The van der Waals surface area contributed by atoms with Crippen LogP contribution in [-0.4, -0.2) is 0 Å². The van der Waals surface area contributed by atoms with Crippen LogP contribution in [0, 0.1) is 5.92 Å². The third kappa shape index (κ3) is 2.06. The van der Waals surface area contributed by atoms with Crippen LogP contribution >= 0.6 is 15.9 Å². The van der Waals surface area contributed by atoms with E-state index in [1.807, 2.05) is 0 Å². The number of benzene rings is 2. The fraction of sp³-hybridized carbons (Fsp3) is 0.0500. The maximum atomic E-state index is 3.70. The van der Waals surface area contributed by atoms with Gasteiger partial charge in [-0.15, -0.1) is 0 Å². The Morgan fingerprint density at radius 3 is 1.76 bits per heavy atom. The molecule has 0 aromatic heterocycles. The Hall–Kier alpha value is -2.08. The van der Waals surface area contributed by atoms with Gasteiger partial charge in [0.25, 0.3) is 0 Å². The largest absolute Gasteiger partial charge is 0.0996 e. The summed E-state index contributed by atoms with van der Waals surface area (Å²) >= 11 is 3.70. The van der Waals surface area contributed by atoms with Crippen molar-refractivity contribution in [3.8, 4) is 11.1 Å². The lowest BCUT2D eigenvalue weighted by molar-refractivity contribution is 1.08. The van der Waals surface area contributed by atoms with Crippen molar-refractivity contribution in [1.82, 2.24) is 0 Å². The number of halogens is 1. The van der Waals surface area contributed by atoms with Crippen molar-refractivity contribution in [3.63, 3.8) is 0 Å². The van der Waals surface area contributed by atoms with E-state index < -0.39 is 0 Å². The van der Waals surface area contributed by atoms with E-state index in [0.717, 1.165) is 4.48 Å². The van der Waals surface area contributed by atoms with Gasteiger partial charge in [0.2, 0.25) is 0 Å². The summed E-state index contributed by atoms with van der Waals surface area (Å²) in [6.07, 6.45) is 8.50. The molecule has 0 fully saturated rings. The van der Waals surface area contributed by atoms with Gasteiger partial charge in [-0.2, -0.15) is 0 Å². The Bertz CT molecular complexity index is 786. The van der Waals surface area contributed by atoms with Gasteiger partial charge in [0.1, 0.15) is 0 Å². The Labute approximate surface area is 133 Å². The van der Waals surface area contributed by atoms with Crippen molar-refractivity contribution in [2.24, 2.45) is 5.92 Å².